The van der Waals surface area contributed by atoms with Gasteiger partial charge < -0.3 is 13.7 Å². The minimum absolute atomic E-state index is 0.166. The molecule has 0 N–H and O–H groups in total. The third kappa shape index (κ3) is 2.98. The fourth-order valence-electron chi connectivity index (χ4n) is 3.28. The van der Waals surface area contributed by atoms with Crippen LogP contribution in [-0.4, -0.2) is 48.0 Å². The highest BCUT2D eigenvalue weighted by Gasteiger charge is 2.51. The van der Waals surface area contributed by atoms with E-state index in [9.17, 15) is 4.39 Å². The Morgan fingerprint density at radius 1 is 1.20 bits per heavy atom. The van der Waals surface area contributed by atoms with Gasteiger partial charge in [0.25, 0.3) is 0 Å². The summed E-state index contributed by atoms with van der Waals surface area (Å²) in [5.41, 5.74) is 1.73. The molecule has 3 heterocycles. The largest absolute Gasteiger partial charge is 0.494 e. The second kappa shape index (κ2) is 5.79. The molecule has 5 nitrogen and oxygen atoms in total. The molecule has 4 rings (SSSR count). The molecular weight excluding hydrogens is 322 g/mol. The molecule has 7 heteroatoms. The molecule has 2 saturated heterocycles. The summed E-state index contributed by atoms with van der Waals surface area (Å²) in [6, 6.07) is 5.84. The number of benzene rings is 1. The van der Waals surface area contributed by atoms with Crippen molar-refractivity contribution in [3.8, 4) is 0 Å². The third-order valence-corrected chi connectivity index (χ3v) is 5.59. The lowest BCUT2D eigenvalue weighted by atomic mass is 9.79. The number of oxazole rings is 1. The van der Waals surface area contributed by atoms with Gasteiger partial charge in [-0.25, -0.2) is 4.98 Å². The predicted molar refractivity (Wildman–Crippen MR) is 94.5 cm³/mol. The number of fused-ring (bicyclic) bond motifs is 1. The molecule has 25 heavy (non-hydrogen) atoms. The first-order chi connectivity index (χ1) is 11.8. The Balaban J connectivity index is 1.51. The number of aromatic nitrogens is 1. The van der Waals surface area contributed by atoms with Crippen molar-refractivity contribution in [3.05, 3.63) is 24.1 Å². The average Bonchev–Trinajstić information content (AvgIpc) is 2.99. The lowest BCUT2D eigenvalue weighted by Gasteiger charge is -2.36. The van der Waals surface area contributed by atoms with E-state index in [1.54, 1.807) is 0 Å². The molecule has 2 fully saturated rings. The Hall–Kier alpha value is -1.44. The zero-order chi connectivity index (χ0) is 17.8. The Labute approximate surface area is 147 Å². The smallest absolute Gasteiger partial charge is 0.439 e. The second-order valence-corrected chi connectivity index (χ2v) is 8.14. The summed E-state index contributed by atoms with van der Waals surface area (Å²) in [4.78, 5) is 6.67. The topological polar surface area (TPSA) is 47.7 Å². The number of rotatable bonds is 4. The van der Waals surface area contributed by atoms with Crippen molar-refractivity contribution in [3.63, 3.8) is 0 Å². The molecule has 2 aromatic rings. The molecule has 0 radical (unpaired) electrons. The Bertz CT molecular complexity index is 770. The lowest BCUT2D eigenvalue weighted by Crippen LogP contribution is -2.46. The molecule has 134 valence electrons. The van der Waals surface area contributed by atoms with E-state index in [4.69, 9.17) is 13.7 Å². The van der Waals surface area contributed by atoms with Crippen LogP contribution in [0.4, 0.5) is 4.39 Å². The zero-order valence-corrected chi connectivity index (χ0v) is 15.2. The first-order valence-electron chi connectivity index (χ1n) is 8.81. The molecule has 2 aliphatic rings. The van der Waals surface area contributed by atoms with Crippen LogP contribution in [0.25, 0.3) is 11.1 Å². The second-order valence-electron chi connectivity index (χ2n) is 8.14. The highest BCUT2D eigenvalue weighted by Crippen LogP contribution is 2.36. The van der Waals surface area contributed by atoms with Crippen LogP contribution in [0.2, 0.25) is 0 Å². The van der Waals surface area contributed by atoms with Gasteiger partial charge in [0.2, 0.25) is 5.89 Å². The minimum atomic E-state index is -0.413. The van der Waals surface area contributed by atoms with Gasteiger partial charge >= 0.3 is 7.12 Å². The molecule has 0 aliphatic carbocycles. The van der Waals surface area contributed by atoms with E-state index in [2.05, 4.69) is 9.88 Å². The van der Waals surface area contributed by atoms with Crippen molar-refractivity contribution in [1.82, 2.24) is 9.88 Å². The summed E-state index contributed by atoms with van der Waals surface area (Å²) in [6.07, 6.45) is 0. The Morgan fingerprint density at radius 2 is 1.88 bits per heavy atom. The minimum Gasteiger partial charge on any atom is -0.439 e. The molecule has 0 bridgehead atoms. The van der Waals surface area contributed by atoms with Crippen LogP contribution in [0.3, 0.4) is 0 Å². The van der Waals surface area contributed by atoms with Crippen molar-refractivity contribution in [1.29, 1.82) is 0 Å². The fourth-order valence-corrected chi connectivity index (χ4v) is 3.28. The van der Waals surface area contributed by atoms with E-state index in [0.717, 1.165) is 29.7 Å². The molecule has 1 aromatic carbocycles. The number of hydrogen-bond donors (Lipinski definition) is 0. The number of halogens is 1. The Kier molecular flexibility index (Phi) is 3.94. The molecule has 2 aliphatic heterocycles. The van der Waals surface area contributed by atoms with E-state index in [1.165, 1.54) is 0 Å². The number of nitrogens with zero attached hydrogens (tertiary/aromatic N) is 2. The molecule has 0 atom stereocenters. The number of hydrogen-bond acceptors (Lipinski definition) is 5. The van der Waals surface area contributed by atoms with Crippen LogP contribution in [0.15, 0.2) is 22.6 Å². The average molecular weight is 346 g/mol. The van der Waals surface area contributed by atoms with Crippen molar-refractivity contribution in [2.45, 2.75) is 45.4 Å². The van der Waals surface area contributed by atoms with Gasteiger partial charge in [0.15, 0.2) is 5.58 Å². The molecule has 0 saturated carbocycles. The monoisotopic (exact) mass is 346 g/mol. The van der Waals surface area contributed by atoms with Crippen molar-refractivity contribution in [2.75, 3.05) is 19.8 Å². The van der Waals surface area contributed by atoms with E-state index >= 15 is 0 Å². The highest BCUT2D eigenvalue weighted by atomic mass is 19.1. The maximum Gasteiger partial charge on any atom is 0.494 e. The van der Waals surface area contributed by atoms with Crippen LogP contribution < -0.4 is 5.46 Å². The van der Waals surface area contributed by atoms with Gasteiger partial charge in [-0.2, -0.15) is 0 Å². The SMILES string of the molecule is CC1(C)OB(c2ccc3nc(CN4CC(CF)C4)oc3c2)OC1(C)C. The summed E-state index contributed by atoms with van der Waals surface area (Å²) in [6.45, 7) is 10.1. The molecule has 1 aromatic heterocycles. The molecular formula is C18H24BFN2O3. The summed E-state index contributed by atoms with van der Waals surface area (Å²) >= 11 is 0. The third-order valence-electron chi connectivity index (χ3n) is 5.59. The fraction of sp³-hybridized carbons (Fsp3) is 0.611. The van der Waals surface area contributed by atoms with Gasteiger partial charge in [0, 0.05) is 19.0 Å². The van der Waals surface area contributed by atoms with Crippen LogP contribution in [0.1, 0.15) is 33.6 Å². The van der Waals surface area contributed by atoms with Crippen molar-refractivity contribution < 1.29 is 18.1 Å². The maximum absolute atomic E-state index is 12.5. The molecule has 0 spiro atoms. The first-order valence-corrected chi connectivity index (χ1v) is 8.81. The van der Waals surface area contributed by atoms with Gasteiger partial charge in [-0.15, -0.1) is 0 Å². The van der Waals surface area contributed by atoms with Gasteiger partial charge in [-0.1, -0.05) is 6.07 Å². The summed E-state index contributed by atoms with van der Waals surface area (Å²) < 4.78 is 30.6. The van der Waals surface area contributed by atoms with Crippen LogP contribution in [0, 0.1) is 5.92 Å². The quantitative estimate of drug-likeness (QED) is 0.797. The molecule has 0 amide bonds. The normalized spacial score (nSPS) is 23.3. The Morgan fingerprint density at radius 3 is 2.52 bits per heavy atom. The van der Waals surface area contributed by atoms with Gasteiger partial charge in [-0.05, 0) is 45.3 Å². The maximum atomic E-state index is 12.5. The van der Waals surface area contributed by atoms with Crippen LogP contribution >= 0.6 is 0 Å². The summed E-state index contributed by atoms with van der Waals surface area (Å²) in [5, 5.41) is 0. The number of alkyl halides is 1. The van der Waals surface area contributed by atoms with Gasteiger partial charge in [0.05, 0.1) is 24.4 Å². The van der Waals surface area contributed by atoms with E-state index < -0.39 is 7.12 Å². The highest BCUT2D eigenvalue weighted by molar-refractivity contribution is 6.62. The van der Waals surface area contributed by atoms with Gasteiger partial charge in [-0.3, -0.25) is 9.29 Å². The van der Waals surface area contributed by atoms with Gasteiger partial charge in [0.1, 0.15) is 5.52 Å². The predicted octanol–water partition coefficient (Wildman–Crippen LogP) is 2.53. The van der Waals surface area contributed by atoms with Crippen LogP contribution in [-0.2, 0) is 15.9 Å². The van der Waals surface area contributed by atoms with Crippen molar-refractivity contribution in [2.24, 2.45) is 5.92 Å². The van der Waals surface area contributed by atoms with E-state index in [1.807, 2.05) is 45.9 Å². The molecule has 0 unspecified atom stereocenters. The lowest BCUT2D eigenvalue weighted by molar-refractivity contribution is 0.00578. The summed E-state index contributed by atoms with van der Waals surface area (Å²) in [7, 11) is -0.413. The number of likely N-dealkylation sites (tertiary alicyclic amines) is 1. The van der Waals surface area contributed by atoms with E-state index in [-0.39, 0.29) is 23.8 Å². The van der Waals surface area contributed by atoms with E-state index in [0.29, 0.717) is 12.4 Å². The standard InChI is InChI=1S/C18H24BFN2O3/c1-17(2)18(3,4)25-19(24-17)13-5-6-14-15(7-13)23-16(21-14)11-22-9-12(8-20)10-22/h5-7,12H,8-11H2,1-4H3. The first kappa shape index (κ1) is 17.0. The zero-order valence-electron chi connectivity index (χ0n) is 15.2. The van der Waals surface area contributed by atoms with Crippen molar-refractivity contribution >= 4 is 23.7 Å². The van der Waals surface area contributed by atoms with Crippen LogP contribution in [0.5, 0.6) is 0 Å². The summed E-state index contributed by atoms with van der Waals surface area (Å²) in [5.74, 6) is 0.831.